The molecule has 78 valence electrons. The van der Waals surface area contributed by atoms with Crippen molar-refractivity contribution in [2.75, 3.05) is 0 Å². The number of halogens is 1. The summed E-state index contributed by atoms with van der Waals surface area (Å²) in [4.78, 5) is 10.5. The Hall–Kier alpha value is -1.26. The van der Waals surface area contributed by atoms with Crippen molar-refractivity contribution in [2.24, 2.45) is 0 Å². The highest BCUT2D eigenvalue weighted by molar-refractivity contribution is 5.71. The number of quaternary nitrogens is 1. The van der Waals surface area contributed by atoms with Crippen molar-refractivity contribution in [1.29, 1.82) is 0 Å². The van der Waals surface area contributed by atoms with E-state index in [2.05, 4.69) is 5.73 Å². The number of phenols is 1. The summed E-state index contributed by atoms with van der Waals surface area (Å²) in [6, 6.07) is 5.81. The molecule has 0 saturated heterocycles. The van der Waals surface area contributed by atoms with Crippen LogP contribution in [-0.2, 0) is 11.2 Å². The molecule has 0 unspecified atom stereocenters. The number of benzene rings is 1. The van der Waals surface area contributed by atoms with E-state index in [-0.39, 0.29) is 18.2 Å². The Kier molecular flexibility index (Phi) is 4.97. The second-order valence-electron chi connectivity index (χ2n) is 2.91. The second-order valence-corrected chi connectivity index (χ2v) is 2.91. The zero-order valence-electron chi connectivity index (χ0n) is 7.48. The molecule has 1 aromatic carbocycles. The van der Waals surface area contributed by atoms with Crippen LogP contribution in [0.2, 0.25) is 0 Å². The lowest BCUT2D eigenvalue weighted by molar-refractivity contribution is -0.407. The Morgan fingerprint density at radius 2 is 1.86 bits per heavy atom. The smallest absolute Gasteiger partial charge is 0.362 e. The molecule has 0 saturated carbocycles. The van der Waals surface area contributed by atoms with Crippen LogP contribution in [-0.4, -0.2) is 22.2 Å². The summed E-state index contributed by atoms with van der Waals surface area (Å²) in [6.07, 6.45) is 0.385. The van der Waals surface area contributed by atoms with Crippen molar-refractivity contribution >= 4 is 5.97 Å². The first-order valence-electron chi connectivity index (χ1n) is 3.93. The van der Waals surface area contributed by atoms with Crippen LogP contribution < -0.4 is 18.1 Å². The van der Waals surface area contributed by atoms with Crippen LogP contribution in [0.3, 0.4) is 0 Å². The van der Waals surface area contributed by atoms with Gasteiger partial charge in [0, 0.05) is 6.42 Å². The van der Waals surface area contributed by atoms with Crippen molar-refractivity contribution in [3.8, 4) is 5.75 Å². The van der Waals surface area contributed by atoms with Gasteiger partial charge in [-0.15, -0.1) is 0 Å². The van der Waals surface area contributed by atoms with Gasteiger partial charge in [0.05, 0.1) is 0 Å². The van der Waals surface area contributed by atoms with Gasteiger partial charge in [-0.3, -0.25) is 0 Å². The summed E-state index contributed by atoms with van der Waals surface area (Å²) in [7, 11) is 0. The van der Waals surface area contributed by atoms with E-state index in [0.717, 1.165) is 5.56 Å². The van der Waals surface area contributed by atoms with Crippen molar-refractivity contribution in [2.45, 2.75) is 12.5 Å². The van der Waals surface area contributed by atoms with E-state index in [9.17, 15) is 4.79 Å². The van der Waals surface area contributed by atoms with Gasteiger partial charge in [0.1, 0.15) is 5.75 Å². The number of rotatable bonds is 3. The minimum absolute atomic E-state index is 0. The highest BCUT2D eigenvalue weighted by Gasteiger charge is 2.15. The molecule has 0 spiro atoms. The average molecular weight is 230 g/mol. The first kappa shape index (κ1) is 12.7. The van der Waals surface area contributed by atoms with Crippen molar-refractivity contribution in [3.63, 3.8) is 0 Å². The zero-order valence-corrected chi connectivity index (χ0v) is 8.24. The Morgan fingerprint density at radius 3 is 2.29 bits per heavy atom. The number of carboxylic acids is 1. The fraction of sp³-hybridized carbons (Fsp3) is 0.222. The van der Waals surface area contributed by atoms with E-state index in [1.165, 1.54) is 12.1 Å². The molecule has 1 atom stereocenters. The van der Waals surface area contributed by atoms with Crippen LogP contribution in [0.5, 0.6) is 5.75 Å². The van der Waals surface area contributed by atoms with Crippen LogP contribution >= 0.6 is 0 Å². The fourth-order valence-electron chi connectivity index (χ4n) is 1.00. The number of hydrogen-bond acceptors (Lipinski definition) is 2. The topological polar surface area (TPSA) is 85.2 Å². The van der Waals surface area contributed by atoms with Gasteiger partial charge < -0.3 is 28.4 Å². The normalized spacial score (nSPS) is 11.5. The summed E-state index contributed by atoms with van der Waals surface area (Å²) >= 11 is 0. The Balaban J connectivity index is 0.00000169. The quantitative estimate of drug-likeness (QED) is 0.506. The van der Waals surface area contributed by atoms with Gasteiger partial charge in [-0.25, -0.2) is 4.79 Å². The third kappa shape index (κ3) is 3.64. The van der Waals surface area contributed by atoms with E-state index in [4.69, 9.17) is 10.2 Å². The molecule has 0 aromatic heterocycles. The van der Waals surface area contributed by atoms with Crippen molar-refractivity contribution in [3.05, 3.63) is 29.8 Å². The second kappa shape index (κ2) is 5.47. The molecule has 0 fully saturated rings. The van der Waals surface area contributed by atoms with E-state index < -0.39 is 12.0 Å². The van der Waals surface area contributed by atoms with Gasteiger partial charge in [-0.05, 0) is 17.7 Å². The first-order chi connectivity index (χ1) is 6.09. The van der Waals surface area contributed by atoms with Gasteiger partial charge in [0.25, 0.3) is 0 Å². The lowest BCUT2D eigenvalue weighted by Crippen LogP contribution is -3.00. The number of phenolic OH excluding ortho intramolecular Hbond substituents is 1. The molecule has 5 heteroatoms. The minimum Gasteiger partial charge on any atom is -1.00 e. The molecule has 0 amide bonds. The van der Waals surface area contributed by atoms with Gasteiger partial charge in [0.2, 0.25) is 0 Å². The standard InChI is InChI=1S/C9H11NO3.ClH/c10-8(9(12)13)5-6-1-3-7(11)4-2-6;/h1-4,8,11H,5,10H2,(H,12,13);1H/t8-;/m0./s1/i1+2,2+2,3+2,4+2,6+2,7+2;. The fourth-order valence-corrected chi connectivity index (χ4v) is 1.00. The van der Waals surface area contributed by atoms with E-state index in [1.54, 1.807) is 12.1 Å². The predicted octanol–water partition coefficient (Wildman–Crippen LogP) is -3.37. The summed E-state index contributed by atoms with van der Waals surface area (Å²) in [5, 5.41) is 17.6. The molecular formula is C9H12ClNO3. The van der Waals surface area contributed by atoms with Crippen molar-refractivity contribution in [1.82, 2.24) is 0 Å². The van der Waals surface area contributed by atoms with Crippen LogP contribution in [0.1, 0.15) is 5.56 Å². The lowest BCUT2D eigenvalue weighted by atomic mass is 10.3. The molecule has 1 rings (SSSR count). The van der Waals surface area contributed by atoms with Crippen LogP contribution in [0.15, 0.2) is 24.3 Å². The van der Waals surface area contributed by atoms with E-state index >= 15 is 0 Å². The summed E-state index contributed by atoms with van der Waals surface area (Å²) in [5.74, 6) is -0.729. The third-order valence-electron chi connectivity index (χ3n) is 1.77. The van der Waals surface area contributed by atoms with E-state index in [0.29, 0.717) is 6.42 Å². The van der Waals surface area contributed by atoms with Gasteiger partial charge in [0.15, 0.2) is 6.04 Å². The first-order valence-corrected chi connectivity index (χ1v) is 3.93. The number of aromatic hydroxyl groups is 1. The summed E-state index contributed by atoms with van der Waals surface area (Å²) in [6.45, 7) is 0. The molecule has 14 heavy (non-hydrogen) atoms. The van der Waals surface area contributed by atoms with Gasteiger partial charge in [-0.2, -0.15) is 0 Å². The molecule has 0 heterocycles. The number of carbonyl (C=O) groups is 1. The highest BCUT2D eigenvalue weighted by atomic mass is 35.5. The molecule has 0 aliphatic carbocycles. The number of carboxylic acid groups (broad SMARTS) is 1. The third-order valence-corrected chi connectivity index (χ3v) is 1.77. The number of hydrogen-bond donors (Lipinski definition) is 3. The maximum Gasteiger partial charge on any atom is 0.362 e. The number of aliphatic carboxylic acids is 1. The Bertz CT molecular complexity index is 299. The Labute approximate surface area is 87.8 Å². The van der Waals surface area contributed by atoms with Gasteiger partial charge >= 0.3 is 5.97 Å². The molecule has 0 aliphatic heterocycles. The SMILES string of the molecule is [Cl-].[NH3+][C@@H](C[14c]1[14cH][14cH][14c](O)[14cH][14cH]1)C(=O)O. The minimum atomic E-state index is -0.909. The average Bonchev–Trinajstić information content (AvgIpc) is 2.08. The van der Waals surface area contributed by atoms with Crippen LogP contribution in [0, 0.1) is 0 Å². The Morgan fingerprint density at radius 1 is 1.36 bits per heavy atom. The zero-order chi connectivity index (χ0) is 9.84. The summed E-state index contributed by atoms with van der Waals surface area (Å²) in [5.41, 5.74) is 4.35. The van der Waals surface area contributed by atoms with Gasteiger partial charge in [-0.1, -0.05) is 12.1 Å². The molecule has 0 aliphatic rings. The molecule has 4 nitrogen and oxygen atoms in total. The predicted molar refractivity (Wildman–Crippen MR) is 46.1 cm³/mol. The molecule has 0 bridgehead atoms. The van der Waals surface area contributed by atoms with Crippen LogP contribution in [0.4, 0.5) is 0 Å². The lowest BCUT2D eigenvalue weighted by Gasteiger charge is -2.02. The maximum atomic E-state index is 10.5. The van der Waals surface area contributed by atoms with Crippen LogP contribution in [0.25, 0.3) is 0 Å². The molecule has 1 aromatic rings. The summed E-state index contributed by atoms with van der Waals surface area (Å²) < 4.78 is 0. The molecule has 5 N–H and O–H groups in total. The van der Waals surface area contributed by atoms with E-state index in [1.807, 2.05) is 0 Å². The molecule has 0 radical (unpaired) electrons. The monoisotopic (exact) mass is 229 g/mol. The highest BCUT2D eigenvalue weighted by Crippen LogP contribution is 2.10. The molecular weight excluding hydrogens is 218 g/mol. The largest absolute Gasteiger partial charge is 1.00 e. The van der Waals surface area contributed by atoms with Crippen molar-refractivity contribution < 1.29 is 33.1 Å². The maximum absolute atomic E-state index is 10.5.